The lowest BCUT2D eigenvalue weighted by molar-refractivity contribution is 0.102. The maximum absolute atomic E-state index is 11.7. The van der Waals surface area contributed by atoms with Crippen LogP contribution >= 0.6 is 15.9 Å². The van der Waals surface area contributed by atoms with E-state index in [1.165, 1.54) is 6.20 Å². The fourth-order valence-electron chi connectivity index (χ4n) is 1.25. The number of carbonyl (C=O) groups excluding carboxylic acids is 1. The molecule has 2 heterocycles. The zero-order valence-corrected chi connectivity index (χ0v) is 10.5. The van der Waals surface area contributed by atoms with Crippen LogP contribution in [0.3, 0.4) is 0 Å². The summed E-state index contributed by atoms with van der Waals surface area (Å²) in [6, 6.07) is 3.46. The standard InChI is InChI=1S/C10H9BrN4O2/c1-5-6(11)2-3-8(13-5)15-9(16)7-4-12-10(17)14-7/h2-4H,1H3,(H2,12,14,17)(H,13,15,16). The van der Waals surface area contributed by atoms with Gasteiger partial charge in [-0.3, -0.25) is 4.79 Å². The van der Waals surface area contributed by atoms with Crippen molar-refractivity contribution in [3.63, 3.8) is 0 Å². The van der Waals surface area contributed by atoms with Crippen molar-refractivity contribution in [2.24, 2.45) is 0 Å². The van der Waals surface area contributed by atoms with E-state index >= 15 is 0 Å². The summed E-state index contributed by atoms with van der Waals surface area (Å²) in [6.07, 6.45) is 1.31. The number of aromatic nitrogens is 3. The molecule has 0 unspecified atom stereocenters. The normalized spacial score (nSPS) is 10.2. The van der Waals surface area contributed by atoms with Crippen LogP contribution in [0.15, 0.2) is 27.6 Å². The van der Waals surface area contributed by atoms with Crippen LogP contribution in [0.1, 0.15) is 16.2 Å². The molecule has 7 heteroatoms. The van der Waals surface area contributed by atoms with Crippen LogP contribution in [-0.2, 0) is 0 Å². The predicted octanol–water partition coefficient (Wildman–Crippen LogP) is 1.42. The lowest BCUT2D eigenvalue weighted by atomic mass is 10.3. The second-order valence-electron chi connectivity index (χ2n) is 3.37. The summed E-state index contributed by atoms with van der Waals surface area (Å²) in [7, 11) is 0. The van der Waals surface area contributed by atoms with Gasteiger partial charge >= 0.3 is 5.69 Å². The number of hydrogen-bond acceptors (Lipinski definition) is 3. The Morgan fingerprint density at radius 2 is 2.24 bits per heavy atom. The van der Waals surface area contributed by atoms with Gasteiger partial charge in [0.05, 0.1) is 5.69 Å². The number of hydrogen-bond donors (Lipinski definition) is 3. The van der Waals surface area contributed by atoms with E-state index in [0.29, 0.717) is 5.82 Å². The number of aromatic amines is 2. The summed E-state index contributed by atoms with van der Waals surface area (Å²) in [5.74, 6) is 0.00956. The van der Waals surface area contributed by atoms with E-state index in [1.807, 2.05) is 6.92 Å². The number of imidazole rings is 1. The fourth-order valence-corrected chi connectivity index (χ4v) is 1.47. The van der Waals surface area contributed by atoms with Crippen LogP contribution < -0.4 is 11.0 Å². The van der Waals surface area contributed by atoms with Gasteiger partial charge in [-0.15, -0.1) is 0 Å². The van der Waals surface area contributed by atoms with Crippen molar-refractivity contribution in [3.05, 3.63) is 44.7 Å². The quantitative estimate of drug-likeness (QED) is 0.783. The molecule has 0 atom stereocenters. The second-order valence-corrected chi connectivity index (χ2v) is 4.23. The first-order chi connectivity index (χ1) is 8.06. The number of nitrogens with one attached hydrogen (secondary N) is 3. The van der Waals surface area contributed by atoms with Crippen LogP contribution in [0.5, 0.6) is 0 Å². The molecule has 17 heavy (non-hydrogen) atoms. The van der Waals surface area contributed by atoms with Crippen LogP contribution in [0.25, 0.3) is 0 Å². The second kappa shape index (κ2) is 4.54. The molecule has 0 radical (unpaired) electrons. The van der Waals surface area contributed by atoms with E-state index in [-0.39, 0.29) is 5.69 Å². The number of pyridine rings is 1. The van der Waals surface area contributed by atoms with Crippen molar-refractivity contribution in [2.45, 2.75) is 6.92 Å². The monoisotopic (exact) mass is 296 g/mol. The number of nitrogens with zero attached hydrogens (tertiary/aromatic N) is 1. The molecule has 0 saturated carbocycles. The Balaban J connectivity index is 2.18. The van der Waals surface area contributed by atoms with E-state index in [1.54, 1.807) is 12.1 Å². The van der Waals surface area contributed by atoms with Crippen molar-refractivity contribution in [1.82, 2.24) is 15.0 Å². The molecule has 88 valence electrons. The molecule has 0 spiro atoms. The van der Waals surface area contributed by atoms with Gasteiger partial charge in [0.1, 0.15) is 11.5 Å². The van der Waals surface area contributed by atoms with Crippen molar-refractivity contribution >= 4 is 27.7 Å². The minimum absolute atomic E-state index is 0.164. The Morgan fingerprint density at radius 3 is 2.82 bits per heavy atom. The fraction of sp³-hybridized carbons (Fsp3) is 0.100. The van der Waals surface area contributed by atoms with Gasteiger partial charge in [-0.05, 0) is 35.0 Å². The minimum Gasteiger partial charge on any atom is -0.312 e. The zero-order chi connectivity index (χ0) is 12.4. The molecule has 0 aliphatic heterocycles. The Kier molecular flexibility index (Phi) is 3.10. The van der Waals surface area contributed by atoms with Gasteiger partial charge in [-0.1, -0.05) is 0 Å². The third kappa shape index (κ3) is 2.62. The SMILES string of the molecule is Cc1nc(NC(=O)c2c[nH]c(=O)[nH]2)ccc1Br. The summed E-state index contributed by atoms with van der Waals surface area (Å²) in [4.78, 5) is 31.4. The van der Waals surface area contributed by atoms with Gasteiger partial charge in [-0.2, -0.15) is 0 Å². The third-order valence-corrected chi connectivity index (χ3v) is 2.94. The van der Waals surface area contributed by atoms with Crippen molar-refractivity contribution in [3.8, 4) is 0 Å². The predicted molar refractivity (Wildman–Crippen MR) is 66.0 cm³/mol. The number of halogens is 1. The molecule has 0 bridgehead atoms. The van der Waals surface area contributed by atoms with Gasteiger partial charge in [0.15, 0.2) is 0 Å². The lowest BCUT2D eigenvalue weighted by Gasteiger charge is -2.04. The average molecular weight is 297 g/mol. The highest BCUT2D eigenvalue weighted by atomic mass is 79.9. The Bertz CT molecular complexity index is 617. The molecule has 0 aromatic carbocycles. The molecule has 0 aliphatic rings. The first-order valence-electron chi connectivity index (χ1n) is 4.78. The molecule has 1 amide bonds. The zero-order valence-electron chi connectivity index (χ0n) is 8.87. The van der Waals surface area contributed by atoms with Crippen LogP contribution in [0.4, 0.5) is 5.82 Å². The van der Waals surface area contributed by atoms with E-state index in [2.05, 4.69) is 36.2 Å². The smallest absolute Gasteiger partial charge is 0.312 e. The number of aryl methyl sites for hydroxylation is 1. The number of anilines is 1. The van der Waals surface area contributed by atoms with E-state index in [0.717, 1.165) is 10.2 Å². The summed E-state index contributed by atoms with van der Waals surface area (Å²) in [5, 5.41) is 2.58. The first-order valence-corrected chi connectivity index (χ1v) is 5.58. The highest BCUT2D eigenvalue weighted by Gasteiger charge is 2.09. The molecule has 6 nitrogen and oxygen atoms in total. The molecule has 2 aromatic heterocycles. The van der Waals surface area contributed by atoms with E-state index in [4.69, 9.17) is 0 Å². The first kappa shape index (κ1) is 11.6. The van der Waals surface area contributed by atoms with Crippen molar-refractivity contribution in [1.29, 1.82) is 0 Å². The highest BCUT2D eigenvalue weighted by Crippen LogP contribution is 2.16. The number of rotatable bonds is 2. The summed E-state index contributed by atoms with van der Waals surface area (Å²) < 4.78 is 0.866. The maximum Gasteiger partial charge on any atom is 0.323 e. The molecule has 0 fully saturated rings. The minimum atomic E-state index is -0.421. The van der Waals surface area contributed by atoms with Crippen molar-refractivity contribution < 1.29 is 4.79 Å². The van der Waals surface area contributed by atoms with Crippen molar-refractivity contribution in [2.75, 3.05) is 5.32 Å². The van der Waals surface area contributed by atoms with Gasteiger partial charge in [0.25, 0.3) is 5.91 Å². The number of H-pyrrole nitrogens is 2. The number of amides is 1. The molecule has 3 N–H and O–H groups in total. The molecule has 2 rings (SSSR count). The average Bonchev–Trinajstić information content (AvgIpc) is 2.70. The Labute approximate surface area is 105 Å². The van der Waals surface area contributed by atoms with Gasteiger partial charge in [0.2, 0.25) is 0 Å². The summed E-state index contributed by atoms with van der Waals surface area (Å²) in [6.45, 7) is 1.82. The summed E-state index contributed by atoms with van der Waals surface area (Å²) in [5.41, 5.74) is 0.512. The van der Waals surface area contributed by atoms with Gasteiger partial charge in [-0.25, -0.2) is 9.78 Å². The topological polar surface area (TPSA) is 90.6 Å². The largest absolute Gasteiger partial charge is 0.323 e. The van der Waals surface area contributed by atoms with Crippen LogP contribution in [0, 0.1) is 6.92 Å². The Morgan fingerprint density at radius 1 is 1.47 bits per heavy atom. The van der Waals surface area contributed by atoms with E-state index < -0.39 is 11.6 Å². The Hall–Kier alpha value is -1.89. The lowest BCUT2D eigenvalue weighted by Crippen LogP contribution is -2.15. The molecule has 2 aromatic rings. The van der Waals surface area contributed by atoms with Crippen LogP contribution in [0.2, 0.25) is 0 Å². The third-order valence-electron chi connectivity index (χ3n) is 2.10. The number of carbonyl (C=O) groups is 1. The molecule has 0 saturated heterocycles. The van der Waals surface area contributed by atoms with Gasteiger partial charge in [0, 0.05) is 10.7 Å². The molecule has 0 aliphatic carbocycles. The van der Waals surface area contributed by atoms with Crippen LogP contribution in [-0.4, -0.2) is 20.9 Å². The molecular formula is C10H9BrN4O2. The highest BCUT2D eigenvalue weighted by molar-refractivity contribution is 9.10. The molecular weight excluding hydrogens is 288 g/mol. The summed E-state index contributed by atoms with van der Waals surface area (Å²) >= 11 is 3.32. The van der Waals surface area contributed by atoms with E-state index in [9.17, 15) is 9.59 Å². The van der Waals surface area contributed by atoms with Gasteiger partial charge < -0.3 is 15.3 Å². The maximum atomic E-state index is 11.7.